The van der Waals surface area contributed by atoms with Crippen molar-refractivity contribution >= 4 is 15.7 Å². The highest BCUT2D eigenvalue weighted by atomic mass is 32.2. The molecule has 1 N–H and O–H groups in total. The molecule has 0 aromatic heterocycles. The molecule has 1 aromatic rings. The van der Waals surface area contributed by atoms with Gasteiger partial charge in [-0.2, -0.15) is 0 Å². The van der Waals surface area contributed by atoms with Gasteiger partial charge in [0.05, 0.1) is 23.6 Å². The number of sulfone groups is 1. The summed E-state index contributed by atoms with van der Waals surface area (Å²) in [6.45, 7) is 5.57. The number of hydrogen-bond acceptors (Lipinski definition) is 4. The van der Waals surface area contributed by atoms with Gasteiger partial charge in [-0.1, -0.05) is 37.3 Å². The number of amides is 1. The van der Waals surface area contributed by atoms with Gasteiger partial charge in [-0.3, -0.25) is 9.69 Å². The second-order valence-corrected chi connectivity index (χ2v) is 8.42. The van der Waals surface area contributed by atoms with Crippen LogP contribution in [-0.4, -0.2) is 49.4 Å². The van der Waals surface area contributed by atoms with E-state index in [1.165, 1.54) is 0 Å². The number of benzene rings is 1. The number of nitrogens with one attached hydrogen (secondary N) is 1. The van der Waals surface area contributed by atoms with Crippen LogP contribution in [0.1, 0.15) is 25.8 Å². The Morgan fingerprint density at radius 2 is 2.00 bits per heavy atom. The molecule has 1 atom stereocenters. The molecule has 1 fully saturated rings. The van der Waals surface area contributed by atoms with Crippen LogP contribution in [0, 0.1) is 0 Å². The summed E-state index contributed by atoms with van der Waals surface area (Å²) < 4.78 is 23.2. The van der Waals surface area contributed by atoms with E-state index in [2.05, 4.69) is 5.32 Å². The van der Waals surface area contributed by atoms with Crippen molar-refractivity contribution in [3.05, 3.63) is 35.9 Å². The summed E-state index contributed by atoms with van der Waals surface area (Å²) in [4.78, 5) is 14.3. The molecule has 1 aliphatic heterocycles. The fourth-order valence-corrected chi connectivity index (χ4v) is 4.90. The summed E-state index contributed by atoms with van der Waals surface area (Å²) in [7, 11) is -3.01. The van der Waals surface area contributed by atoms with Crippen LogP contribution in [0.5, 0.6) is 0 Å². The minimum absolute atomic E-state index is 0.0382. The second-order valence-electron chi connectivity index (χ2n) is 6.24. The Kier molecular flexibility index (Phi) is 5.24. The van der Waals surface area contributed by atoms with Gasteiger partial charge in [-0.05, 0) is 25.5 Å². The van der Waals surface area contributed by atoms with Gasteiger partial charge >= 0.3 is 0 Å². The lowest BCUT2D eigenvalue weighted by molar-refractivity contribution is -0.123. The van der Waals surface area contributed by atoms with E-state index < -0.39 is 15.4 Å². The number of hydrogen-bond donors (Lipinski definition) is 1. The molecular weight excluding hydrogens is 300 g/mol. The highest BCUT2D eigenvalue weighted by molar-refractivity contribution is 7.91. The smallest absolute Gasteiger partial charge is 0.234 e. The second kappa shape index (κ2) is 6.79. The van der Waals surface area contributed by atoms with Crippen molar-refractivity contribution in [3.8, 4) is 0 Å². The van der Waals surface area contributed by atoms with Crippen molar-refractivity contribution in [2.45, 2.75) is 32.4 Å². The molecule has 0 radical (unpaired) electrons. The van der Waals surface area contributed by atoms with Gasteiger partial charge in [-0.15, -0.1) is 0 Å². The highest BCUT2D eigenvalue weighted by Crippen LogP contribution is 2.22. The van der Waals surface area contributed by atoms with Gasteiger partial charge in [0, 0.05) is 6.54 Å². The molecule has 0 bridgehead atoms. The fraction of sp³-hybridized carbons (Fsp3) is 0.562. The van der Waals surface area contributed by atoms with E-state index in [0.29, 0.717) is 13.0 Å². The minimum atomic E-state index is -3.01. The van der Waals surface area contributed by atoms with E-state index in [9.17, 15) is 13.2 Å². The Labute approximate surface area is 132 Å². The largest absolute Gasteiger partial charge is 0.349 e. The van der Waals surface area contributed by atoms with Crippen molar-refractivity contribution in [1.82, 2.24) is 10.2 Å². The predicted molar refractivity (Wildman–Crippen MR) is 87.2 cm³/mol. The van der Waals surface area contributed by atoms with Crippen LogP contribution in [0.15, 0.2) is 30.3 Å². The average molecular weight is 324 g/mol. The number of nitrogens with zero attached hydrogens (tertiary/aromatic N) is 1. The van der Waals surface area contributed by atoms with E-state index in [-0.39, 0.29) is 24.0 Å². The predicted octanol–water partition coefficient (Wildman–Crippen LogP) is 1.20. The monoisotopic (exact) mass is 324 g/mol. The summed E-state index contributed by atoms with van der Waals surface area (Å²) in [5, 5.41) is 2.90. The van der Waals surface area contributed by atoms with E-state index >= 15 is 0 Å². The van der Waals surface area contributed by atoms with Gasteiger partial charge in [0.15, 0.2) is 9.84 Å². The van der Waals surface area contributed by atoms with Crippen LogP contribution < -0.4 is 5.32 Å². The Morgan fingerprint density at radius 3 is 2.55 bits per heavy atom. The highest BCUT2D eigenvalue weighted by Gasteiger charge is 2.39. The lowest BCUT2D eigenvalue weighted by atomic mass is 10.0. The van der Waals surface area contributed by atoms with Gasteiger partial charge < -0.3 is 5.32 Å². The van der Waals surface area contributed by atoms with E-state index in [1.54, 1.807) is 0 Å². The van der Waals surface area contributed by atoms with E-state index in [1.807, 2.05) is 49.1 Å². The normalized spacial score (nSPS) is 23.6. The number of carbonyl (C=O) groups excluding carboxylic acids is 1. The zero-order chi connectivity index (χ0) is 16.2. The first-order chi connectivity index (χ1) is 10.3. The number of carbonyl (C=O) groups is 1. The molecular formula is C16H24N2O3S. The van der Waals surface area contributed by atoms with E-state index in [4.69, 9.17) is 0 Å². The van der Waals surface area contributed by atoms with Crippen LogP contribution in [0.4, 0.5) is 0 Å². The zero-order valence-corrected chi connectivity index (χ0v) is 14.0. The molecule has 22 heavy (non-hydrogen) atoms. The average Bonchev–Trinajstić information content (AvgIpc) is 2.72. The van der Waals surface area contributed by atoms with Crippen LogP contribution in [0.3, 0.4) is 0 Å². The first-order valence-corrected chi connectivity index (χ1v) is 9.42. The minimum Gasteiger partial charge on any atom is -0.349 e. The molecule has 1 saturated heterocycles. The van der Waals surface area contributed by atoms with Gasteiger partial charge in [0.25, 0.3) is 0 Å². The van der Waals surface area contributed by atoms with Crippen LogP contribution in [0.25, 0.3) is 0 Å². The Hall–Kier alpha value is -1.40. The summed E-state index contributed by atoms with van der Waals surface area (Å²) in [5.74, 6) is 0.0827. The fourth-order valence-electron chi connectivity index (χ4n) is 2.81. The summed E-state index contributed by atoms with van der Waals surface area (Å²) >= 11 is 0. The maximum Gasteiger partial charge on any atom is 0.234 e. The maximum atomic E-state index is 12.2. The Balaban J connectivity index is 1.90. The SMILES string of the molecule is CCN(CC(=O)N[C@]1(C)CCS(=O)(=O)C1)Cc1ccccc1. The lowest BCUT2D eigenvalue weighted by Gasteiger charge is -2.26. The van der Waals surface area contributed by atoms with Crippen molar-refractivity contribution < 1.29 is 13.2 Å². The zero-order valence-electron chi connectivity index (χ0n) is 13.2. The van der Waals surface area contributed by atoms with Crippen LogP contribution >= 0.6 is 0 Å². The third-order valence-electron chi connectivity index (χ3n) is 4.01. The lowest BCUT2D eigenvalue weighted by Crippen LogP contribution is -2.50. The Morgan fingerprint density at radius 1 is 1.32 bits per heavy atom. The first-order valence-electron chi connectivity index (χ1n) is 7.60. The number of likely N-dealkylation sites (N-methyl/N-ethyl adjacent to an activating group) is 1. The maximum absolute atomic E-state index is 12.2. The Bertz CT molecular complexity index is 616. The molecule has 0 spiro atoms. The van der Waals surface area contributed by atoms with Crippen molar-refractivity contribution in [2.75, 3.05) is 24.6 Å². The van der Waals surface area contributed by atoms with Crippen molar-refractivity contribution in [3.63, 3.8) is 0 Å². The van der Waals surface area contributed by atoms with Crippen molar-refractivity contribution in [1.29, 1.82) is 0 Å². The van der Waals surface area contributed by atoms with E-state index in [0.717, 1.165) is 12.1 Å². The summed E-state index contributed by atoms with van der Waals surface area (Å²) in [6.07, 6.45) is 0.492. The summed E-state index contributed by atoms with van der Waals surface area (Å²) in [5.41, 5.74) is 0.536. The molecule has 1 heterocycles. The molecule has 2 rings (SSSR count). The number of rotatable bonds is 6. The van der Waals surface area contributed by atoms with Gasteiger partial charge in [0.1, 0.15) is 0 Å². The van der Waals surface area contributed by atoms with Gasteiger partial charge in [0.2, 0.25) is 5.91 Å². The topological polar surface area (TPSA) is 66.5 Å². The quantitative estimate of drug-likeness (QED) is 0.854. The third-order valence-corrected chi connectivity index (χ3v) is 5.91. The first kappa shape index (κ1) is 17.0. The molecule has 0 aliphatic carbocycles. The molecule has 0 saturated carbocycles. The molecule has 1 aliphatic rings. The molecule has 5 nitrogen and oxygen atoms in total. The van der Waals surface area contributed by atoms with Crippen LogP contribution in [-0.2, 0) is 21.2 Å². The standard InChI is InChI=1S/C16H24N2O3S/c1-3-18(11-14-7-5-4-6-8-14)12-15(19)17-16(2)9-10-22(20,21)13-16/h4-8H,3,9-13H2,1-2H3,(H,17,19)/t16-/m1/s1. The summed E-state index contributed by atoms with van der Waals surface area (Å²) in [6, 6.07) is 9.99. The van der Waals surface area contributed by atoms with Gasteiger partial charge in [-0.25, -0.2) is 8.42 Å². The molecule has 0 unspecified atom stereocenters. The molecule has 122 valence electrons. The van der Waals surface area contributed by atoms with Crippen LogP contribution in [0.2, 0.25) is 0 Å². The molecule has 1 aromatic carbocycles. The molecule has 6 heteroatoms. The third kappa shape index (κ3) is 4.81. The van der Waals surface area contributed by atoms with Crippen molar-refractivity contribution in [2.24, 2.45) is 0 Å². The molecule has 1 amide bonds.